The van der Waals surface area contributed by atoms with Crippen LogP contribution in [0, 0.1) is 10.1 Å². The van der Waals surface area contributed by atoms with Crippen LogP contribution in [-0.2, 0) is 4.79 Å². The van der Waals surface area contributed by atoms with Gasteiger partial charge in [0, 0.05) is 31.4 Å². The Morgan fingerprint density at radius 1 is 1.21 bits per heavy atom. The van der Waals surface area contributed by atoms with E-state index in [1.165, 1.54) is 29.2 Å². The van der Waals surface area contributed by atoms with E-state index in [9.17, 15) is 24.5 Å². The molecule has 3 amide bonds. The van der Waals surface area contributed by atoms with Crippen LogP contribution in [0.25, 0.3) is 0 Å². The quantitative estimate of drug-likeness (QED) is 0.389. The van der Waals surface area contributed by atoms with E-state index in [0.29, 0.717) is 5.69 Å². The number of benzene rings is 2. The highest BCUT2D eigenvalue weighted by molar-refractivity contribution is 8.00. The minimum atomic E-state index is -0.784. The summed E-state index contributed by atoms with van der Waals surface area (Å²) in [7, 11) is 3.16. The number of nitro benzene ring substituents is 1. The maximum absolute atomic E-state index is 12.2. The van der Waals surface area contributed by atoms with Gasteiger partial charge in [0.05, 0.1) is 26.2 Å². The Balaban J connectivity index is 2.11. The summed E-state index contributed by atoms with van der Waals surface area (Å²) in [4.78, 5) is 47.7. The zero-order chi connectivity index (χ0) is 21.7. The number of nitrogens with one attached hydrogen (secondary N) is 1. The Morgan fingerprint density at radius 3 is 2.48 bits per heavy atom. The molecule has 0 spiro atoms. The summed E-state index contributed by atoms with van der Waals surface area (Å²) >= 11 is 6.97. The molecule has 0 saturated carbocycles. The number of thioether (sulfide) groups is 1. The Hall–Kier alpha value is -3.11. The molecule has 0 radical (unpaired) electrons. The lowest BCUT2D eigenvalue weighted by molar-refractivity contribution is -0.387. The Morgan fingerprint density at radius 2 is 1.90 bits per heavy atom. The standard InChI is InChI=1S/C18H17ClN4O5S/c1-22(2)18(26)12-8-11(4-5-13(12)19)21-16(24)9-29-15-6-3-10(17(20)25)7-14(15)23(27)28/h3-8H,9H2,1-2H3,(H2,20,25)(H,21,24). The molecule has 152 valence electrons. The van der Waals surface area contributed by atoms with Gasteiger partial charge in [0.2, 0.25) is 11.8 Å². The van der Waals surface area contributed by atoms with Crippen molar-refractivity contribution in [3.05, 3.63) is 62.7 Å². The van der Waals surface area contributed by atoms with E-state index in [1.807, 2.05) is 0 Å². The van der Waals surface area contributed by atoms with Gasteiger partial charge in [0.15, 0.2) is 0 Å². The second-order valence-electron chi connectivity index (χ2n) is 6.03. The molecule has 0 saturated heterocycles. The molecule has 3 N–H and O–H groups in total. The molecule has 29 heavy (non-hydrogen) atoms. The molecule has 0 aromatic heterocycles. The third kappa shape index (κ3) is 5.69. The molecule has 0 atom stereocenters. The van der Waals surface area contributed by atoms with Crippen LogP contribution in [0.15, 0.2) is 41.3 Å². The number of anilines is 1. The smallest absolute Gasteiger partial charge is 0.283 e. The molecule has 9 nitrogen and oxygen atoms in total. The van der Waals surface area contributed by atoms with Crippen molar-refractivity contribution in [3.8, 4) is 0 Å². The number of nitrogens with two attached hydrogens (primary N) is 1. The number of carbonyl (C=O) groups excluding carboxylic acids is 3. The predicted octanol–water partition coefficient (Wildman–Crippen LogP) is 2.78. The van der Waals surface area contributed by atoms with Crippen molar-refractivity contribution in [3.63, 3.8) is 0 Å². The highest BCUT2D eigenvalue weighted by atomic mass is 35.5. The van der Waals surface area contributed by atoms with Gasteiger partial charge in [0.1, 0.15) is 0 Å². The summed E-state index contributed by atoms with van der Waals surface area (Å²) in [6.07, 6.45) is 0. The Kier molecular flexibility index (Phi) is 7.18. The first-order chi connectivity index (χ1) is 13.6. The van der Waals surface area contributed by atoms with Gasteiger partial charge in [-0.1, -0.05) is 11.6 Å². The van der Waals surface area contributed by atoms with Gasteiger partial charge in [-0.15, -0.1) is 11.8 Å². The van der Waals surface area contributed by atoms with Crippen LogP contribution >= 0.6 is 23.4 Å². The number of carbonyl (C=O) groups is 3. The summed E-state index contributed by atoms with van der Waals surface area (Å²) in [5.74, 6) is -1.66. The van der Waals surface area contributed by atoms with Crippen molar-refractivity contribution in [1.29, 1.82) is 0 Å². The molecular formula is C18H17ClN4O5S. The van der Waals surface area contributed by atoms with Crippen LogP contribution in [0.1, 0.15) is 20.7 Å². The lowest BCUT2D eigenvalue weighted by atomic mass is 10.1. The summed E-state index contributed by atoms with van der Waals surface area (Å²) in [6, 6.07) is 8.29. The predicted molar refractivity (Wildman–Crippen MR) is 110 cm³/mol. The van der Waals surface area contributed by atoms with Crippen molar-refractivity contribution >= 4 is 52.5 Å². The maximum Gasteiger partial charge on any atom is 0.283 e. The SMILES string of the molecule is CN(C)C(=O)c1cc(NC(=O)CSc2ccc(C(N)=O)cc2[N+](=O)[O-])ccc1Cl. The first-order valence-corrected chi connectivity index (χ1v) is 9.48. The highest BCUT2D eigenvalue weighted by Crippen LogP contribution is 2.30. The van der Waals surface area contributed by atoms with E-state index in [-0.39, 0.29) is 38.4 Å². The zero-order valence-electron chi connectivity index (χ0n) is 15.5. The minimum Gasteiger partial charge on any atom is -0.366 e. The van der Waals surface area contributed by atoms with Gasteiger partial charge in [-0.3, -0.25) is 24.5 Å². The third-order valence-electron chi connectivity index (χ3n) is 3.69. The van der Waals surface area contributed by atoms with Crippen LogP contribution in [0.4, 0.5) is 11.4 Å². The van der Waals surface area contributed by atoms with Crippen molar-refractivity contribution in [1.82, 2.24) is 4.90 Å². The van der Waals surface area contributed by atoms with Gasteiger partial charge in [0.25, 0.3) is 11.6 Å². The lowest BCUT2D eigenvalue weighted by Gasteiger charge is -2.13. The third-order valence-corrected chi connectivity index (χ3v) is 5.08. The fourth-order valence-electron chi connectivity index (χ4n) is 2.28. The van der Waals surface area contributed by atoms with Crippen molar-refractivity contribution in [2.45, 2.75) is 4.90 Å². The molecule has 2 aromatic rings. The van der Waals surface area contributed by atoms with E-state index in [2.05, 4.69) is 5.32 Å². The molecule has 0 unspecified atom stereocenters. The largest absolute Gasteiger partial charge is 0.366 e. The molecule has 0 bridgehead atoms. The van der Waals surface area contributed by atoms with Crippen LogP contribution in [-0.4, -0.2) is 47.4 Å². The molecule has 0 fully saturated rings. The van der Waals surface area contributed by atoms with Crippen LogP contribution in [0.2, 0.25) is 5.02 Å². The minimum absolute atomic E-state index is 0.00440. The molecule has 11 heteroatoms. The average Bonchev–Trinajstić information content (AvgIpc) is 2.66. The first-order valence-electron chi connectivity index (χ1n) is 8.12. The number of halogens is 1. The molecule has 2 rings (SSSR count). The topological polar surface area (TPSA) is 136 Å². The van der Waals surface area contributed by atoms with E-state index >= 15 is 0 Å². The number of hydrogen-bond donors (Lipinski definition) is 2. The summed E-state index contributed by atoms with van der Waals surface area (Å²) < 4.78 is 0. The van der Waals surface area contributed by atoms with Crippen LogP contribution in [0.5, 0.6) is 0 Å². The summed E-state index contributed by atoms with van der Waals surface area (Å²) in [6.45, 7) is 0. The van der Waals surface area contributed by atoms with Crippen LogP contribution < -0.4 is 11.1 Å². The monoisotopic (exact) mass is 436 g/mol. The number of rotatable bonds is 7. The molecular weight excluding hydrogens is 420 g/mol. The normalized spacial score (nSPS) is 10.3. The fourth-order valence-corrected chi connectivity index (χ4v) is 3.29. The van der Waals surface area contributed by atoms with E-state index in [0.717, 1.165) is 17.8 Å². The molecule has 2 aromatic carbocycles. The van der Waals surface area contributed by atoms with Crippen molar-refractivity contribution < 1.29 is 19.3 Å². The van der Waals surface area contributed by atoms with Gasteiger partial charge >= 0.3 is 0 Å². The Labute approximate surface area is 175 Å². The number of primary amides is 1. The van der Waals surface area contributed by atoms with E-state index in [4.69, 9.17) is 17.3 Å². The van der Waals surface area contributed by atoms with Gasteiger partial charge in [-0.05, 0) is 30.3 Å². The summed E-state index contributed by atoms with van der Waals surface area (Å²) in [5.41, 5.74) is 5.42. The lowest BCUT2D eigenvalue weighted by Crippen LogP contribution is -2.22. The van der Waals surface area contributed by atoms with Gasteiger partial charge in [-0.2, -0.15) is 0 Å². The number of nitrogens with zero attached hydrogens (tertiary/aromatic N) is 2. The molecule has 0 aliphatic rings. The number of nitro groups is 1. The van der Waals surface area contributed by atoms with Crippen LogP contribution in [0.3, 0.4) is 0 Å². The zero-order valence-corrected chi connectivity index (χ0v) is 17.0. The average molecular weight is 437 g/mol. The summed E-state index contributed by atoms with van der Waals surface area (Å²) in [5, 5.41) is 14.1. The molecule has 0 aliphatic heterocycles. The van der Waals surface area contributed by atoms with E-state index in [1.54, 1.807) is 20.2 Å². The first kappa shape index (κ1) is 22.2. The van der Waals surface area contributed by atoms with Gasteiger partial charge < -0.3 is 16.0 Å². The van der Waals surface area contributed by atoms with Gasteiger partial charge in [-0.25, -0.2) is 0 Å². The second-order valence-corrected chi connectivity index (χ2v) is 7.46. The highest BCUT2D eigenvalue weighted by Gasteiger charge is 2.18. The molecule has 0 aliphatic carbocycles. The number of amides is 3. The van der Waals surface area contributed by atoms with Crippen molar-refractivity contribution in [2.24, 2.45) is 5.73 Å². The molecule has 0 heterocycles. The van der Waals surface area contributed by atoms with E-state index < -0.39 is 16.7 Å². The fraction of sp³-hybridized carbons (Fsp3) is 0.167. The second kappa shape index (κ2) is 9.39. The van der Waals surface area contributed by atoms with Crippen molar-refractivity contribution in [2.75, 3.05) is 25.2 Å². The Bertz CT molecular complexity index is 996. The maximum atomic E-state index is 12.2. The number of hydrogen-bond acceptors (Lipinski definition) is 6.